The molecule has 2 aliphatic rings. The Hall–Kier alpha value is -0.540. The van der Waals surface area contributed by atoms with Crippen molar-refractivity contribution in [1.29, 1.82) is 0 Å². The Kier molecular flexibility index (Phi) is 3.62. The highest BCUT2D eigenvalue weighted by Crippen LogP contribution is 2.35. The Morgan fingerprint density at radius 1 is 1.06 bits per heavy atom. The van der Waals surface area contributed by atoms with Gasteiger partial charge in [-0.25, -0.2) is 0 Å². The Morgan fingerprint density at radius 3 is 2.22 bits per heavy atom. The second kappa shape index (κ2) is 5.22. The molecule has 1 saturated carbocycles. The van der Waals surface area contributed by atoms with Gasteiger partial charge in [0.05, 0.1) is 0 Å². The quantitative estimate of drug-likeness (QED) is 0.845. The molecule has 0 amide bonds. The summed E-state index contributed by atoms with van der Waals surface area (Å²) in [6, 6.07) is 9.49. The summed E-state index contributed by atoms with van der Waals surface area (Å²) in [6.45, 7) is 7.17. The molecule has 2 fully saturated rings. The molecule has 1 heterocycles. The van der Waals surface area contributed by atoms with Crippen LogP contribution in [0.5, 0.6) is 0 Å². The van der Waals surface area contributed by atoms with Crippen LogP contribution in [0.4, 0.5) is 5.69 Å². The fraction of sp³-hybridized carbons (Fsp3) is 0.600. The number of rotatable bonds is 3. The van der Waals surface area contributed by atoms with E-state index < -0.39 is 0 Å². The summed E-state index contributed by atoms with van der Waals surface area (Å²) < 4.78 is 1.16. The zero-order chi connectivity index (χ0) is 12.5. The van der Waals surface area contributed by atoms with Gasteiger partial charge < -0.3 is 4.90 Å². The number of anilines is 1. The standard InChI is InChI=1S/C15H21BrN2/c1-12(13-2-3-13)17-8-10-18(11-9-17)15-6-4-14(16)5-7-15/h4-7,12-13H,2-3,8-11H2,1H3/t12-/m0/s1. The van der Waals surface area contributed by atoms with E-state index in [-0.39, 0.29) is 0 Å². The Bertz CT molecular complexity index is 391. The van der Waals surface area contributed by atoms with Crippen molar-refractivity contribution in [1.82, 2.24) is 4.90 Å². The van der Waals surface area contributed by atoms with Gasteiger partial charge in [-0.05, 0) is 49.9 Å². The molecule has 0 spiro atoms. The molecule has 1 aromatic carbocycles. The third-order valence-electron chi connectivity index (χ3n) is 4.39. The van der Waals surface area contributed by atoms with Gasteiger partial charge in [0.15, 0.2) is 0 Å². The lowest BCUT2D eigenvalue weighted by Crippen LogP contribution is -2.50. The van der Waals surface area contributed by atoms with Crippen molar-refractivity contribution in [3.63, 3.8) is 0 Å². The summed E-state index contributed by atoms with van der Waals surface area (Å²) in [4.78, 5) is 5.18. The van der Waals surface area contributed by atoms with Gasteiger partial charge >= 0.3 is 0 Å². The van der Waals surface area contributed by atoms with E-state index in [1.807, 2.05) is 0 Å². The van der Waals surface area contributed by atoms with Crippen LogP contribution in [-0.2, 0) is 0 Å². The van der Waals surface area contributed by atoms with E-state index in [4.69, 9.17) is 0 Å². The molecule has 0 radical (unpaired) electrons. The summed E-state index contributed by atoms with van der Waals surface area (Å²) in [5, 5.41) is 0. The highest BCUT2D eigenvalue weighted by Gasteiger charge is 2.33. The summed E-state index contributed by atoms with van der Waals surface area (Å²) in [7, 11) is 0. The van der Waals surface area contributed by atoms with Crippen LogP contribution in [0, 0.1) is 5.92 Å². The smallest absolute Gasteiger partial charge is 0.0367 e. The Labute approximate surface area is 118 Å². The normalized spacial score (nSPS) is 23.1. The topological polar surface area (TPSA) is 6.48 Å². The van der Waals surface area contributed by atoms with Crippen LogP contribution >= 0.6 is 15.9 Å². The maximum atomic E-state index is 3.49. The molecule has 1 atom stereocenters. The minimum atomic E-state index is 0.803. The van der Waals surface area contributed by atoms with Gasteiger partial charge in [0.25, 0.3) is 0 Å². The second-order valence-electron chi connectivity index (χ2n) is 5.58. The van der Waals surface area contributed by atoms with Crippen molar-refractivity contribution in [3.8, 4) is 0 Å². The molecule has 0 aromatic heterocycles. The molecule has 1 aliphatic carbocycles. The lowest BCUT2D eigenvalue weighted by Gasteiger charge is -2.39. The largest absolute Gasteiger partial charge is 0.369 e. The van der Waals surface area contributed by atoms with E-state index in [9.17, 15) is 0 Å². The molecular formula is C15H21BrN2. The number of benzene rings is 1. The highest BCUT2D eigenvalue weighted by molar-refractivity contribution is 9.10. The van der Waals surface area contributed by atoms with Crippen LogP contribution in [0.25, 0.3) is 0 Å². The third kappa shape index (κ3) is 2.72. The molecule has 2 nitrogen and oxygen atoms in total. The average Bonchev–Trinajstić information content (AvgIpc) is 3.23. The first kappa shape index (κ1) is 12.5. The van der Waals surface area contributed by atoms with Crippen LogP contribution in [0.1, 0.15) is 19.8 Å². The van der Waals surface area contributed by atoms with E-state index in [0.29, 0.717) is 0 Å². The van der Waals surface area contributed by atoms with Gasteiger partial charge in [-0.2, -0.15) is 0 Å². The first-order valence-electron chi connectivity index (χ1n) is 6.98. The van der Waals surface area contributed by atoms with Crippen LogP contribution in [-0.4, -0.2) is 37.1 Å². The maximum absolute atomic E-state index is 3.49. The summed E-state index contributed by atoms with van der Waals surface area (Å²) >= 11 is 3.49. The van der Waals surface area contributed by atoms with E-state index in [2.05, 4.69) is 56.9 Å². The van der Waals surface area contributed by atoms with Gasteiger partial charge in [0.1, 0.15) is 0 Å². The minimum absolute atomic E-state index is 0.803. The van der Waals surface area contributed by atoms with Crippen LogP contribution in [0.15, 0.2) is 28.7 Å². The SMILES string of the molecule is C[C@@H](C1CC1)N1CCN(c2ccc(Br)cc2)CC1. The Morgan fingerprint density at radius 2 is 1.67 bits per heavy atom. The highest BCUT2D eigenvalue weighted by atomic mass is 79.9. The molecule has 3 heteroatoms. The Balaban J connectivity index is 1.57. The third-order valence-corrected chi connectivity index (χ3v) is 4.91. The predicted molar refractivity (Wildman–Crippen MR) is 80.1 cm³/mol. The fourth-order valence-corrected chi connectivity index (χ4v) is 3.18. The maximum Gasteiger partial charge on any atom is 0.0367 e. The minimum Gasteiger partial charge on any atom is -0.369 e. The monoisotopic (exact) mass is 308 g/mol. The van der Waals surface area contributed by atoms with Crippen molar-refractivity contribution < 1.29 is 0 Å². The lowest BCUT2D eigenvalue weighted by atomic mass is 10.1. The number of nitrogens with zero attached hydrogens (tertiary/aromatic N) is 2. The van der Waals surface area contributed by atoms with Crippen molar-refractivity contribution in [2.45, 2.75) is 25.8 Å². The molecule has 0 N–H and O–H groups in total. The molecule has 3 rings (SSSR count). The zero-order valence-electron chi connectivity index (χ0n) is 11.0. The summed E-state index contributed by atoms with van der Waals surface area (Å²) in [6.07, 6.45) is 2.90. The van der Waals surface area contributed by atoms with Gasteiger partial charge in [-0.15, -0.1) is 0 Å². The van der Waals surface area contributed by atoms with Gasteiger partial charge in [0, 0.05) is 42.4 Å². The van der Waals surface area contributed by atoms with E-state index in [1.54, 1.807) is 0 Å². The van der Waals surface area contributed by atoms with Crippen molar-refractivity contribution >= 4 is 21.6 Å². The molecule has 1 aromatic rings. The van der Waals surface area contributed by atoms with E-state index in [1.165, 1.54) is 44.7 Å². The predicted octanol–water partition coefficient (Wildman–Crippen LogP) is 3.37. The summed E-state index contributed by atoms with van der Waals surface area (Å²) in [5.41, 5.74) is 1.36. The van der Waals surface area contributed by atoms with Crippen LogP contribution in [0.3, 0.4) is 0 Å². The van der Waals surface area contributed by atoms with Crippen LogP contribution < -0.4 is 4.90 Å². The van der Waals surface area contributed by atoms with Gasteiger partial charge in [-0.1, -0.05) is 15.9 Å². The van der Waals surface area contributed by atoms with Crippen LogP contribution in [0.2, 0.25) is 0 Å². The van der Waals surface area contributed by atoms with E-state index in [0.717, 1.165) is 16.4 Å². The number of piperazine rings is 1. The number of halogens is 1. The van der Waals surface area contributed by atoms with Gasteiger partial charge in [0.2, 0.25) is 0 Å². The molecule has 18 heavy (non-hydrogen) atoms. The molecule has 1 saturated heterocycles. The van der Waals surface area contributed by atoms with Crippen molar-refractivity contribution in [2.75, 3.05) is 31.1 Å². The molecule has 98 valence electrons. The molecular weight excluding hydrogens is 288 g/mol. The molecule has 1 aliphatic heterocycles. The second-order valence-corrected chi connectivity index (χ2v) is 6.49. The zero-order valence-corrected chi connectivity index (χ0v) is 12.6. The van der Waals surface area contributed by atoms with Crippen molar-refractivity contribution in [2.24, 2.45) is 5.92 Å². The first-order valence-corrected chi connectivity index (χ1v) is 7.78. The van der Waals surface area contributed by atoms with Crippen molar-refractivity contribution in [3.05, 3.63) is 28.7 Å². The fourth-order valence-electron chi connectivity index (χ4n) is 2.92. The van der Waals surface area contributed by atoms with Gasteiger partial charge in [-0.3, -0.25) is 4.90 Å². The lowest BCUT2D eigenvalue weighted by molar-refractivity contribution is 0.179. The molecule has 0 unspecified atom stereocenters. The number of hydrogen-bond donors (Lipinski definition) is 0. The number of hydrogen-bond acceptors (Lipinski definition) is 2. The summed E-state index contributed by atoms with van der Waals surface area (Å²) in [5.74, 6) is 0.990. The first-order chi connectivity index (χ1) is 8.74. The van der Waals surface area contributed by atoms with E-state index >= 15 is 0 Å². The average molecular weight is 309 g/mol. The molecule has 0 bridgehead atoms.